The lowest BCUT2D eigenvalue weighted by atomic mass is 9.90. The van der Waals surface area contributed by atoms with Crippen molar-refractivity contribution < 1.29 is 19.2 Å². The van der Waals surface area contributed by atoms with Crippen LogP contribution in [0.2, 0.25) is 0 Å². The lowest BCUT2D eigenvalue weighted by Crippen LogP contribution is -3.14. The first kappa shape index (κ1) is 16.9. The molecule has 4 rings (SSSR count). The molecule has 0 spiro atoms. The molecular weight excluding hydrogens is 328 g/mol. The van der Waals surface area contributed by atoms with Gasteiger partial charge in [-0.05, 0) is 42.9 Å². The lowest BCUT2D eigenvalue weighted by Gasteiger charge is -2.29. The van der Waals surface area contributed by atoms with Gasteiger partial charge in [0.15, 0.2) is 18.0 Å². The maximum Gasteiger partial charge on any atom is 0.279 e. The van der Waals surface area contributed by atoms with Crippen molar-refractivity contribution in [2.75, 3.05) is 31.7 Å². The molecule has 0 saturated carbocycles. The van der Waals surface area contributed by atoms with Crippen LogP contribution in [-0.4, -0.2) is 32.3 Å². The molecule has 5 heteroatoms. The summed E-state index contributed by atoms with van der Waals surface area (Å²) in [7, 11) is 0. The predicted octanol–water partition coefficient (Wildman–Crippen LogP) is 1.89. The first-order chi connectivity index (χ1) is 12.8. The van der Waals surface area contributed by atoms with Crippen molar-refractivity contribution >= 4 is 11.6 Å². The molecule has 2 aliphatic rings. The fourth-order valence-electron chi connectivity index (χ4n) is 3.82. The first-order valence-electron chi connectivity index (χ1n) is 9.33. The van der Waals surface area contributed by atoms with Gasteiger partial charge in [0.2, 0.25) is 6.79 Å². The lowest BCUT2D eigenvalue weighted by molar-refractivity contribution is -0.898. The minimum absolute atomic E-state index is 0.0559. The summed E-state index contributed by atoms with van der Waals surface area (Å²) >= 11 is 0. The number of nitrogens with one attached hydrogen (secondary N) is 2. The molecular formula is C21H25N2O3+. The topological polar surface area (TPSA) is 52.0 Å². The monoisotopic (exact) mass is 353 g/mol. The normalized spacial score (nSPS) is 21.4. The molecule has 0 bridgehead atoms. The van der Waals surface area contributed by atoms with Gasteiger partial charge < -0.3 is 19.7 Å². The molecule has 26 heavy (non-hydrogen) atoms. The average Bonchev–Trinajstić information content (AvgIpc) is 3.12. The Labute approximate surface area is 153 Å². The minimum atomic E-state index is 0.0559. The van der Waals surface area contributed by atoms with Crippen molar-refractivity contribution in [1.82, 2.24) is 0 Å². The number of rotatable bonds is 5. The van der Waals surface area contributed by atoms with Crippen LogP contribution in [-0.2, 0) is 11.2 Å². The van der Waals surface area contributed by atoms with E-state index >= 15 is 0 Å². The van der Waals surface area contributed by atoms with Gasteiger partial charge in [-0.15, -0.1) is 0 Å². The van der Waals surface area contributed by atoms with E-state index in [0.29, 0.717) is 12.3 Å². The Balaban J connectivity index is 1.23. The highest BCUT2D eigenvalue weighted by Crippen LogP contribution is 2.34. The second-order valence-electron chi connectivity index (χ2n) is 7.18. The van der Waals surface area contributed by atoms with Gasteiger partial charge in [0.05, 0.1) is 13.1 Å². The Hall–Kier alpha value is -2.53. The zero-order valence-corrected chi connectivity index (χ0v) is 14.9. The fourth-order valence-corrected chi connectivity index (χ4v) is 3.82. The van der Waals surface area contributed by atoms with Gasteiger partial charge in [0.1, 0.15) is 0 Å². The van der Waals surface area contributed by atoms with Gasteiger partial charge >= 0.3 is 0 Å². The second kappa shape index (κ2) is 7.79. The van der Waals surface area contributed by atoms with Crippen LogP contribution in [0.25, 0.3) is 0 Å². The number of anilines is 1. The number of quaternary nitrogens is 1. The summed E-state index contributed by atoms with van der Waals surface area (Å²) < 4.78 is 10.6. The zero-order chi connectivity index (χ0) is 17.8. The smallest absolute Gasteiger partial charge is 0.279 e. The van der Waals surface area contributed by atoms with Crippen LogP contribution in [0.15, 0.2) is 48.5 Å². The summed E-state index contributed by atoms with van der Waals surface area (Å²) in [5, 5.41) is 2.97. The highest BCUT2D eigenvalue weighted by Gasteiger charge is 2.24. The Morgan fingerprint density at radius 2 is 1.81 bits per heavy atom. The molecule has 0 radical (unpaired) electrons. The second-order valence-corrected chi connectivity index (χ2v) is 7.18. The SMILES string of the molecule is O=C(C[NH+]1CCC(Cc2ccccc2)CC1)Nc1ccc2c(c1)OCO2. The van der Waals surface area contributed by atoms with Crippen LogP contribution in [0.4, 0.5) is 5.69 Å². The summed E-state index contributed by atoms with van der Waals surface area (Å²) in [5.41, 5.74) is 2.18. The van der Waals surface area contributed by atoms with E-state index in [1.54, 1.807) is 0 Å². The molecule has 0 atom stereocenters. The molecule has 0 aromatic heterocycles. The molecule has 1 fully saturated rings. The maximum atomic E-state index is 12.3. The van der Waals surface area contributed by atoms with Crippen LogP contribution in [0.5, 0.6) is 11.5 Å². The molecule has 2 aromatic rings. The molecule has 2 N–H and O–H groups in total. The number of ether oxygens (including phenoxy) is 2. The maximum absolute atomic E-state index is 12.3. The van der Waals surface area contributed by atoms with E-state index < -0.39 is 0 Å². The molecule has 0 unspecified atom stereocenters. The molecule has 136 valence electrons. The highest BCUT2D eigenvalue weighted by atomic mass is 16.7. The standard InChI is InChI=1S/C21H24N2O3/c24-21(22-18-6-7-19-20(13-18)26-15-25-19)14-23-10-8-17(9-11-23)12-16-4-2-1-3-5-16/h1-7,13,17H,8-12,14-15H2,(H,22,24)/p+1. The number of benzene rings is 2. The predicted molar refractivity (Wildman–Crippen MR) is 99.6 cm³/mol. The van der Waals surface area contributed by atoms with E-state index in [0.717, 1.165) is 36.9 Å². The van der Waals surface area contributed by atoms with Crippen LogP contribution in [0.1, 0.15) is 18.4 Å². The number of likely N-dealkylation sites (tertiary alicyclic amines) is 1. The molecule has 5 nitrogen and oxygen atoms in total. The largest absolute Gasteiger partial charge is 0.454 e. The van der Waals surface area contributed by atoms with E-state index in [1.807, 2.05) is 18.2 Å². The van der Waals surface area contributed by atoms with Crippen molar-refractivity contribution in [2.45, 2.75) is 19.3 Å². The van der Waals surface area contributed by atoms with Crippen molar-refractivity contribution in [2.24, 2.45) is 5.92 Å². The van der Waals surface area contributed by atoms with Crippen molar-refractivity contribution in [1.29, 1.82) is 0 Å². The number of fused-ring (bicyclic) bond motifs is 1. The summed E-state index contributed by atoms with van der Waals surface area (Å²) in [6.07, 6.45) is 3.51. The third kappa shape index (κ3) is 4.17. The molecule has 2 aromatic carbocycles. The Bertz CT molecular complexity index is 755. The Morgan fingerprint density at radius 3 is 2.62 bits per heavy atom. The van der Waals surface area contributed by atoms with Gasteiger partial charge in [-0.1, -0.05) is 30.3 Å². The summed E-state index contributed by atoms with van der Waals surface area (Å²) in [6, 6.07) is 16.2. The molecule has 2 heterocycles. The van der Waals surface area contributed by atoms with E-state index in [9.17, 15) is 4.79 Å². The molecule has 1 saturated heterocycles. The zero-order valence-electron chi connectivity index (χ0n) is 14.9. The van der Waals surface area contributed by atoms with Gasteiger partial charge in [-0.2, -0.15) is 0 Å². The average molecular weight is 353 g/mol. The van der Waals surface area contributed by atoms with E-state index in [-0.39, 0.29) is 12.7 Å². The minimum Gasteiger partial charge on any atom is -0.454 e. The quantitative estimate of drug-likeness (QED) is 0.863. The first-order valence-corrected chi connectivity index (χ1v) is 9.33. The van der Waals surface area contributed by atoms with Crippen molar-refractivity contribution in [3.05, 3.63) is 54.1 Å². The van der Waals surface area contributed by atoms with Gasteiger partial charge in [-0.25, -0.2) is 0 Å². The number of hydrogen-bond acceptors (Lipinski definition) is 3. The van der Waals surface area contributed by atoms with Crippen molar-refractivity contribution in [3.63, 3.8) is 0 Å². The third-order valence-electron chi connectivity index (χ3n) is 5.25. The highest BCUT2D eigenvalue weighted by molar-refractivity contribution is 5.91. The summed E-state index contributed by atoms with van der Waals surface area (Å²) in [4.78, 5) is 13.7. The third-order valence-corrected chi connectivity index (χ3v) is 5.25. The summed E-state index contributed by atoms with van der Waals surface area (Å²) in [5.74, 6) is 2.21. The Kier molecular flexibility index (Phi) is 5.07. The molecule has 0 aliphatic carbocycles. The number of carbonyl (C=O) groups excluding carboxylic acids is 1. The summed E-state index contributed by atoms with van der Waals surface area (Å²) in [6.45, 7) is 2.89. The number of carbonyl (C=O) groups is 1. The molecule has 2 aliphatic heterocycles. The van der Waals surface area contributed by atoms with Crippen LogP contribution in [0, 0.1) is 5.92 Å². The van der Waals surface area contributed by atoms with Crippen LogP contribution >= 0.6 is 0 Å². The number of piperidine rings is 1. The van der Waals surface area contributed by atoms with E-state index in [4.69, 9.17) is 9.47 Å². The van der Waals surface area contributed by atoms with Gasteiger partial charge in [-0.3, -0.25) is 4.79 Å². The van der Waals surface area contributed by atoms with E-state index in [1.165, 1.54) is 23.3 Å². The van der Waals surface area contributed by atoms with Gasteiger partial charge in [0.25, 0.3) is 5.91 Å². The van der Waals surface area contributed by atoms with Crippen LogP contribution < -0.4 is 19.7 Å². The van der Waals surface area contributed by atoms with Crippen molar-refractivity contribution in [3.8, 4) is 11.5 Å². The molecule has 1 amide bonds. The fraction of sp³-hybridized carbons (Fsp3) is 0.381. The number of hydrogen-bond donors (Lipinski definition) is 2. The number of amides is 1. The van der Waals surface area contributed by atoms with Crippen LogP contribution in [0.3, 0.4) is 0 Å². The van der Waals surface area contributed by atoms with Gasteiger partial charge in [0, 0.05) is 11.8 Å². The Morgan fingerprint density at radius 1 is 1.04 bits per heavy atom. The van der Waals surface area contributed by atoms with E-state index in [2.05, 4.69) is 35.6 Å².